The summed E-state index contributed by atoms with van der Waals surface area (Å²) in [4.78, 5) is 57.1. The Kier molecular flexibility index (Phi) is 7.61. The van der Waals surface area contributed by atoms with Crippen molar-refractivity contribution < 1.29 is 78.9 Å². The molecule has 4 aromatic carbocycles. The summed E-state index contributed by atoms with van der Waals surface area (Å²) in [6.45, 7) is 0. The number of benzene rings is 4. The molecule has 294 valence electrons. The minimum Gasteiger partial charge on any atom is -0.508 e. The number of hydrogen-bond acceptors (Lipinski definition) is 20. The second kappa shape index (κ2) is 12.2. The van der Waals surface area contributed by atoms with Gasteiger partial charge in [-0.15, -0.1) is 0 Å². The first-order valence-electron chi connectivity index (χ1n) is 16.2. The number of hydrogen-bond donors (Lipinski definition) is 12. The minimum atomic E-state index is -3.58. The zero-order valence-electron chi connectivity index (χ0n) is 28.5. The van der Waals surface area contributed by atoms with Crippen LogP contribution in [0.3, 0.4) is 0 Å². The third-order valence-electron chi connectivity index (χ3n) is 9.60. The molecule has 0 saturated carbocycles. The fourth-order valence-electron chi connectivity index (χ4n) is 7.34. The maximum Gasteiger partial charge on any atom is 0.344 e. The Labute approximate surface area is 315 Å². The van der Waals surface area contributed by atoms with Crippen molar-refractivity contribution in [3.8, 4) is 69.0 Å². The zero-order valence-corrected chi connectivity index (χ0v) is 28.5. The minimum absolute atomic E-state index is 0.647. The van der Waals surface area contributed by atoms with E-state index in [-0.39, 0.29) is 0 Å². The summed E-state index contributed by atoms with van der Waals surface area (Å²) in [6, 6.07) is 5.65. The van der Waals surface area contributed by atoms with E-state index < -0.39 is 169 Å². The van der Waals surface area contributed by atoms with Crippen LogP contribution in [-0.4, -0.2) is 61.3 Å². The molecule has 0 aliphatic rings. The van der Waals surface area contributed by atoms with Gasteiger partial charge < -0.3 is 78.9 Å². The molecule has 0 aliphatic heterocycles. The van der Waals surface area contributed by atoms with Gasteiger partial charge in [-0.1, -0.05) is 0 Å². The van der Waals surface area contributed by atoms with Gasteiger partial charge in [-0.25, -0.2) is 19.2 Å². The van der Waals surface area contributed by atoms with Crippen LogP contribution >= 0.6 is 0 Å². The number of phenols is 8. The molecule has 58 heavy (non-hydrogen) atoms. The normalized spacial score (nSPS) is 11.9. The topological polar surface area (TPSA) is 364 Å². The molecule has 8 aromatic rings. The van der Waals surface area contributed by atoms with E-state index in [0.717, 1.165) is 24.3 Å². The number of rotatable bonds is 5. The fraction of sp³-hybridized carbons (Fsp3) is 0.0526. The molecule has 12 N–H and O–H groups in total. The highest BCUT2D eigenvalue weighted by Gasteiger charge is 2.53. The van der Waals surface area contributed by atoms with Gasteiger partial charge in [-0.2, -0.15) is 0 Å². The van der Waals surface area contributed by atoms with Crippen LogP contribution in [0.1, 0.15) is 22.3 Å². The Bertz CT molecular complexity index is 3120. The summed E-state index contributed by atoms with van der Waals surface area (Å²) < 4.78 is 21.3. The third kappa shape index (κ3) is 5.01. The van der Waals surface area contributed by atoms with E-state index in [1.165, 1.54) is 0 Å². The molecule has 0 fully saturated rings. The largest absolute Gasteiger partial charge is 0.508 e. The molecule has 0 radical (unpaired) electrons. The van der Waals surface area contributed by atoms with E-state index in [9.17, 15) is 80.5 Å². The van der Waals surface area contributed by atoms with Gasteiger partial charge in [-0.3, -0.25) is 0 Å². The predicted molar refractivity (Wildman–Crippen MR) is 193 cm³/mol. The molecule has 0 amide bonds. The van der Waals surface area contributed by atoms with Gasteiger partial charge in [0.15, 0.2) is 0 Å². The summed E-state index contributed by atoms with van der Waals surface area (Å²) in [7, 11) is 0. The smallest absolute Gasteiger partial charge is 0.344 e. The van der Waals surface area contributed by atoms with E-state index in [1.54, 1.807) is 0 Å². The van der Waals surface area contributed by atoms with E-state index in [0.29, 0.717) is 24.3 Å². The highest BCUT2D eigenvalue weighted by molar-refractivity contribution is 5.97. The van der Waals surface area contributed by atoms with Crippen LogP contribution in [0.4, 0.5) is 0 Å². The Morgan fingerprint density at radius 1 is 0.362 bits per heavy atom. The summed E-state index contributed by atoms with van der Waals surface area (Å²) in [5.74, 6) is -12.4. The van der Waals surface area contributed by atoms with E-state index in [4.69, 9.17) is 17.7 Å². The summed E-state index contributed by atoms with van der Waals surface area (Å²) in [5.41, 5.74) is -19.0. The van der Waals surface area contributed by atoms with Gasteiger partial charge >= 0.3 is 22.5 Å². The first-order chi connectivity index (χ1) is 27.3. The van der Waals surface area contributed by atoms with Crippen molar-refractivity contribution in [2.75, 3.05) is 0 Å². The molecule has 0 saturated heterocycles. The second-order valence-electron chi connectivity index (χ2n) is 13.0. The Morgan fingerprint density at radius 2 is 0.621 bits per heavy atom. The maximum atomic E-state index is 14.4. The fourth-order valence-corrected chi connectivity index (χ4v) is 7.34. The molecular formula is C38H22O20. The molecule has 0 bridgehead atoms. The molecule has 20 nitrogen and oxygen atoms in total. The van der Waals surface area contributed by atoms with Crippen molar-refractivity contribution in [2.24, 2.45) is 0 Å². The molecule has 4 aromatic heterocycles. The van der Waals surface area contributed by atoms with Crippen LogP contribution in [-0.2, 0) is 11.8 Å². The summed E-state index contributed by atoms with van der Waals surface area (Å²) in [6.07, 6.45) is -1.63. The van der Waals surface area contributed by atoms with Gasteiger partial charge in [0.05, 0.1) is 27.7 Å². The lowest BCUT2D eigenvalue weighted by Gasteiger charge is -2.34. The molecule has 0 atom stereocenters. The lowest BCUT2D eigenvalue weighted by Crippen LogP contribution is -2.44. The molecule has 0 aliphatic carbocycles. The molecule has 4 heterocycles. The van der Waals surface area contributed by atoms with E-state index >= 15 is 0 Å². The van der Waals surface area contributed by atoms with Gasteiger partial charge in [0, 0.05) is 55.0 Å². The average molecular weight is 799 g/mol. The molecule has 0 spiro atoms. The standard InChI is InChI=1S/C38H22O20/c39-10-1-15(43)23-19(5-10)55-34(51)14(30(23)47)9-38(27-31(48)24-16(44)2-11(40)6-20(24)56-35(27)52,28-32(49)25-17(45)3-12(41)7-21(25)57-36(28)53)29-33(50)26-18(46)4-13(42)8-22(26)58-37(29)54/h1-8,39-50H,9H2. The Morgan fingerprint density at radius 3 is 0.914 bits per heavy atom. The number of fused-ring (bicyclic) bond motifs is 4. The average Bonchev–Trinajstić information content (AvgIpc) is 3.08. The monoisotopic (exact) mass is 798 g/mol. The summed E-state index contributed by atoms with van der Waals surface area (Å²) in [5, 5.41) is 129. The summed E-state index contributed by atoms with van der Waals surface area (Å²) >= 11 is 0. The Hall–Kier alpha value is -8.68. The van der Waals surface area contributed by atoms with Crippen LogP contribution in [0, 0.1) is 0 Å². The lowest BCUT2D eigenvalue weighted by atomic mass is 9.65. The molecular weight excluding hydrogens is 776 g/mol. The van der Waals surface area contributed by atoms with Crippen molar-refractivity contribution in [1.82, 2.24) is 0 Å². The first kappa shape index (κ1) is 36.3. The van der Waals surface area contributed by atoms with Crippen molar-refractivity contribution in [3.63, 3.8) is 0 Å². The van der Waals surface area contributed by atoms with Crippen LogP contribution < -0.4 is 22.5 Å². The van der Waals surface area contributed by atoms with Crippen molar-refractivity contribution in [1.29, 1.82) is 0 Å². The number of aromatic hydroxyl groups is 12. The van der Waals surface area contributed by atoms with Crippen molar-refractivity contribution in [2.45, 2.75) is 11.8 Å². The van der Waals surface area contributed by atoms with E-state index in [1.807, 2.05) is 0 Å². The van der Waals surface area contributed by atoms with Crippen molar-refractivity contribution in [3.05, 3.63) is 112 Å². The maximum absolute atomic E-state index is 14.4. The third-order valence-corrected chi connectivity index (χ3v) is 9.60. The van der Waals surface area contributed by atoms with Gasteiger partial charge in [0.1, 0.15) is 113 Å². The number of phenolic OH excluding ortho intramolecular Hbond substituents is 8. The lowest BCUT2D eigenvalue weighted by molar-refractivity contribution is 0.373. The van der Waals surface area contributed by atoms with Crippen LogP contribution in [0.5, 0.6) is 69.0 Å². The molecule has 20 heteroatoms. The highest BCUT2D eigenvalue weighted by atomic mass is 16.4. The predicted octanol–water partition coefficient (Wildman–Crippen LogP) is 3.16. The van der Waals surface area contributed by atoms with Gasteiger partial charge in [-0.05, 0) is 0 Å². The SMILES string of the molecule is O=c1oc2cc(O)cc(O)c2c(O)c1CC(c1c(O)c2c(O)cc(O)cc2oc1=O)(c1c(O)c2c(O)cc(O)cc2oc1=O)c1c(O)c2c(O)cc(O)cc2oc1=O. The van der Waals surface area contributed by atoms with Crippen LogP contribution in [0.2, 0.25) is 0 Å². The Balaban J connectivity index is 1.70. The molecule has 8 rings (SSSR count). The first-order valence-corrected chi connectivity index (χ1v) is 16.2. The van der Waals surface area contributed by atoms with Crippen molar-refractivity contribution >= 4 is 43.9 Å². The highest BCUT2D eigenvalue weighted by Crippen LogP contribution is 2.54. The van der Waals surface area contributed by atoms with Gasteiger partial charge in [0.2, 0.25) is 0 Å². The molecule has 0 unspecified atom stereocenters. The van der Waals surface area contributed by atoms with Crippen LogP contribution in [0.15, 0.2) is 85.4 Å². The zero-order chi connectivity index (χ0) is 41.9. The van der Waals surface area contributed by atoms with E-state index in [2.05, 4.69) is 0 Å². The second-order valence-corrected chi connectivity index (χ2v) is 13.0. The van der Waals surface area contributed by atoms with Gasteiger partial charge in [0.25, 0.3) is 0 Å². The van der Waals surface area contributed by atoms with Crippen LogP contribution in [0.25, 0.3) is 43.9 Å². The quantitative estimate of drug-likeness (QED) is 0.111.